The van der Waals surface area contributed by atoms with E-state index < -0.39 is 0 Å². The zero-order valence-electron chi connectivity index (χ0n) is 12.1. The molecular formula is C17H13N5S. The van der Waals surface area contributed by atoms with E-state index in [2.05, 4.69) is 38.9 Å². The van der Waals surface area contributed by atoms with E-state index in [1.165, 1.54) is 10.1 Å². The van der Waals surface area contributed by atoms with Crippen LogP contribution < -0.4 is 11.2 Å². The number of benzene rings is 2. The normalized spacial score (nSPS) is 15.7. The predicted octanol–water partition coefficient (Wildman–Crippen LogP) is 3.44. The quantitative estimate of drug-likeness (QED) is 0.726. The molecule has 3 N–H and O–H groups in total. The van der Waals surface area contributed by atoms with Gasteiger partial charge in [0.2, 0.25) is 0 Å². The minimum absolute atomic E-state index is 0.320. The van der Waals surface area contributed by atoms with Gasteiger partial charge in [-0.25, -0.2) is 0 Å². The molecule has 1 aliphatic rings. The van der Waals surface area contributed by atoms with Crippen molar-refractivity contribution in [3.63, 3.8) is 0 Å². The van der Waals surface area contributed by atoms with Gasteiger partial charge in [-0.1, -0.05) is 36.4 Å². The molecule has 1 aromatic heterocycles. The lowest BCUT2D eigenvalue weighted by atomic mass is 10.1. The zero-order valence-corrected chi connectivity index (χ0v) is 12.9. The van der Waals surface area contributed by atoms with Crippen molar-refractivity contribution < 1.29 is 0 Å². The Kier molecular flexibility index (Phi) is 3.36. The molecule has 0 unspecified atom stereocenters. The lowest BCUT2D eigenvalue weighted by molar-refractivity contribution is 1.26. The van der Waals surface area contributed by atoms with E-state index in [0.29, 0.717) is 17.3 Å². The topological polar surface area (TPSA) is 75.1 Å². The van der Waals surface area contributed by atoms with E-state index in [0.717, 1.165) is 10.6 Å². The first kappa shape index (κ1) is 13.7. The number of hydrogen-bond donors (Lipinski definition) is 2. The van der Waals surface area contributed by atoms with Crippen LogP contribution in [0.15, 0.2) is 76.0 Å². The van der Waals surface area contributed by atoms with Gasteiger partial charge < -0.3 is 5.73 Å². The van der Waals surface area contributed by atoms with E-state index in [1.54, 1.807) is 11.3 Å². The largest absolute Gasteiger partial charge is 0.380 e. The Hall–Kier alpha value is -2.99. The van der Waals surface area contributed by atoms with Crippen LogP contribution in [0.4, 0.5) is 5.69 Å². The molecule has 2 heterocycles. The Balaban J connectivity index is 1.68. The third-order valence-electron chi connectivity index (χ3n) is 3.45. The molecule has 4 rings (SSSR count). The van der Waals surface area contributed by atoms with Crippen LogP contribution in [-0.4, -0.2) is 17.3 Å². The summed E-state index contributed by atoms with van der Waals surface area (Å²) < 4.78 is 1.20. The first-order valence-electron chi connectivity index (χ1n) is 7.11. The van der Waals surface area contributed by atoms with Crippen LogP contribution in [-0.2, 0) is 0 Å². The van der Waals surface area contributed by atoms with Crippen molar-refractivity contribution in [2.75, 3.05) is 5.43 Å². The Labute approximate surface area is 136 Å². The van der Waals surface area contributed by atoms with Crippen LogP contribution in [0.3, 0.4) is 0 Å². The number of nitrogens with zero attached hydrogens (tertiary/aromatic N) is 3. The minimum atomic E-state index is 0.320. The number of hydrazone groups is 1. The van der Waals surface area contributed by atoms with E-state index in [-0.39, 0.29) is 0 Å². The van der Waals surface area contributed by atoms with E-state index in [9.17, 15) is 0 Å². The molecule has 0 bridgehead atoms. The van der Waals surface area contributed by atoms with E-state index >= 15 is 0 Å². The molecule has 23 heavy (non-hydrogen) atoms. The third-order valence-corrected chi connectivity index (χ3v) is 4.58. The number of rotatable bonds is 3. The molecular weight excluding hydrogens is 306 g/mol. The monoisotopic (exact) mass is 319 g/mol. The maximum Gasteiger partial charge on any atom is 0.176 e. The molecule has 1 aliphatic heterocycles. The van der Waals surface area contributed by atoms with E-state index in [1.807, 2.05) is 42.5 Å². The van der Waals surface area contributed by atoms with Crippen molar-refractivity contribution in [1.82, 2.24) is 0 Å². The summed E-state index contributed by atoms with van der Waals surface area (Å²) in [5.41, 5.74) is 11.1. The van der Waals surface area contributed by atoms with E-state index in [4.69, 9.17) is 5.73 Å². The highest BCUT2D eigenvalue weighted by molar-refractivity contribution is 7.22. The summed E-state index contributed by atoms with van der Waals surface area (Å²) in [4.78, 5) is 1.00. The van der Waals surface area contributed by atoms with Crippen LogP contribution in [0.25, 0.3) is 10.1 Å². The summed E-state index contributed by atoms with van der Waals surface area (Å²) in [6.45, 7) is 0. The second-order valence-electron chi connectivity index (χ2n) is 5.02. The minimum Gasteiger partial charge on any atom is -0.380 e. The van der Waals surface area contributed by atoms with Gasteiger partial charge in [0.15, 0.2) is 11.5 Å². The average molecular weight is 319 g/mol. The van der Waals surface area contributed by atoms with Gasteiger partial charge in [0, 0.05) is 4.70 Å². The van der Waals surface area contributed by atoms with Gasteiger partial charge in [0.25, 0.3) is 0 Å². The highest BCUT2D eigenvalue weighted by Gasteiger charge is 2.23. The Bertz CT molecular complexity index is 920. The smallest absolute Gasteiger partial charge is 0.176 e. The summed E-state index contributed by atoms with van der Waals surface area (Å²) in [6, 6.07) is 20.0. The number of para-hydroxylation sites is 1. The summed E-state index contributed by atoms with van der Waals surface area (Å²) in [6.07, 6.45) is 0. The van der Waals surface area contributed by atoms with Crippen molar-refractivity contribution >= 4 is 44.4 Å². The molecule has 0 aliphatic carbocycles. The fourth-order valence-electron chi connectivity index (χ4n) is 2.33. The number of nitrogens with two attached hydrogens (primary N) is 1. The van der Waals surface area contributed by atoms with Crippen LogP contribution in [0.1, 0.15) is 4.88 Å². The van der Waals surface area contributed by atoms with Crippen molar-refractivity contribution in [2.24, 2.45) is 21.0 Å². The summed E-state index contributed by atoms with van der Waals surface area (Å²) in [5, 5.41) is 13.7. The number of fused-ring (bicyclic) bond motifs is 1. The van der Waals surface area contributed by atoms with Gasteiger partial charge in [-0.15, -0.1) is 21.5 Å². The maximum absolute atomic E-state index is 5.93. The number of amidine groups is 1. The molecule has 0 radical (unpaired) electrons. The molecule has 2 aromatic carbocycles. The number of anilines is 1. The summed E-state index contributed by atoms with van der Waals surface area (Å²) in [7, 11) is 0. The fraction of sp³-hybridized carbons (Fsp3) is 0. The first-order chi connectivity index (χ1) is 11.3. The summed E-state index contributed by atoms with van der Waals surface area (Å²) in [5.74, 6) is 0.320. The Morgan fingerprint density at radius 2 is 1.74 bits per heavy atom. The van der Waals surface area contributed by atoms with Gasteiger partial charge in [0.05, 0.1) is 10.6 Å². The predicted molar refractivity (Wildman–Crippen MR) is 97.5 cm³/mol. The zero-order chi connectivity index (χ0) is 15.6. The summed E-state index contributed by atoms with van der Waals surface area (Å²) >= 11 is 1.65. The van der Waals surface area contributed by atoms with Crippen molar-refractivity contribution in [2.45, 2.75) is 0 Å². The lowest BCUT2D eigenvalue weighted by Gasteiger charge is -2.03. The number of thiophene rings is 1. The van der Waals surface area contributed by atoms with Crippen LogP contribution >= 0.6 is 11.3 Å². The maximum atomic E-state index is 5.93. The average Bonchev–Trinajstić information content (AvgIpc) is 3.17. The number of hydrogen-bond acceptors (Lipinski definition) is 6. The Morgan fingerprint density at radius 3 is 2.57 bits per heavy atom. The Morgan fingerprint density at radius 1 is 0.957 bits per heavy atom. The van der Waals surface area contributed by atoms with Crippen molar-refractivity contribution in [3.8, 4) is 0 Å². The van der Waals surface area contributed by atoms with Gasteiger partial charge >= 0.3 is 0 Å². The SMILES string of the molecule is NC1=NN=C(c2cc3ccccc3s2)/C1=N\Nc1ccccc1. The van der Waals surface area contributed by atoms with Gasteiger partial charge in [0.1, 0.15) is 5.71 Å². The molecule has 3 aromatic rings. The number of nitrogens with one attached hydrogen (secondary N) is 1. The molecule has 5 nitrogen and oxygen atoms in total. The molecule has 0 saturated carbocycles. The molecule has 6 heteroatoms. The highest BCUT2D eigenvalue weighted by Crippen LogP contribution is 2.27. The fourth-order valence-corrected chi connectivity index (χ4v) is 3.38. The molecule has 0 saturated heterocycles. The highest BCUT2D eigenvalue weighted by atomic mass is 32.1. The van der Waals surface area contributed by atoms with Crippen molar-refractivity contribution in [1.29, 1.82) is 0 Å². The first-order valence-corrected chi connectivity index (χ1v) is 7.92. The molecule has 112 valence electrons. The van der Waals surface area contributed by atoms with Crippen LogP contribution in [0.5, 0.6) is 0 Å². The molecule has 0 amide bonds. The van der Waals surface area contributed by atoms with Gasteiger partial charge in [-0.2, -0.15) is 5.10 Å². The van der Waals surface area contributed by atoms with Gasteiger partial charge in [-0.05, 0) is 29.7 Å². The lowest BCUT2D eigenvalue weighted by Crippen LogP contribution is -2.28. The molecule has 0 fully saturated rings. The standard InChI is InChI=1S/C17H13N5S/c18-17-16(21-19-12-7-2-1-3-8-12)15(20-22-17)14-10-11-6-4-5-9-13(11)23-14/h1-10,19H,(H2,18,21,22). The van der Waals surface area contributed by atoms with Gasteiger partial charge in [-0.3, -0.25) is 5.43 Å². The van der Waals surface area contributed by atoms with Crippen molar-refractivity contribution in [3.05, 3.63) is 65.5 Å². The van der Waals surface area contributed by atoms with Crippen LogP contribution in [0.2, 0.25) is 0 Å². The molecule has 0 spiro atoms. The third kappa shape index (κ3) is 2.60. The molecule has 0 atom stereocenters. The second kappa shape index (κ2) is 5.66. The second-order valence-corrected chi connectivity index (χ2v) is 6.10. The van der Waals surface area contributed by atoms with Crippen LogP contribution in [0, 0.1) is 0 Å².